The highest BCUT2D eigenvalue weighted by molar-refractivity contribution is 5.65. The van der Waals surface area contributed by atoms with E-state index in [4.69, 9.17) is 0 Å². The van der Waals surface area contributed by atoms with Gasteiger partial charge in [-0.1, -0.05) is 24.3 Å². The van der Waals surface area contributed by atoms with Crippen LogP contribution in [0.1, 0.15) is 31.9 Å². The van der Waals surface area contributed by atoms with E-state index in [2.05, 4.69) is 80.3 Å². The zero-order valence-electron chi connectivity index (χ0n) is 13.6. The van der Waals surface area contributed by atoms with E-state index >= 15 is 0 Å². The number of benzene rings is 1. The summed E-state index contributed by atoms with van der Waals surface area (Å²) in [4.78, 5) is 6.74. The van der Waals surface area contributed by atoms with Gasteiger partial charge in [0.05, 0.1) is 0 Å². The van der Waals surface area contributed by atoms with E-state index in [1.54, 1.807) is 0 Å². The summed E-state index contributed by atoms with van der Waals surface area (Å²) >= 11 is 0. The molecule has 0 saturated heterocycles. The van der Waals surface area contributed by atoms with Crippen molar-refractivity contribution in [3.8, 4) is 0 Å². The maximum absolute atomic E-state index is 4.58. The molecule has 2 aromatic rings. The molecule has 1 N–H and O–H groups in total. The fourth-order valence-corrected chi connectivity index (χ4v) is 2.28. The monoisotopic (exact) mass is 283 g/mol. The van der Waals surface area contributed by atoms with E-state index in [0.717, 1.165) is 12.4 Å². The number of aryl methyl sites for hydroxylation is 1. The van der Waals surface area contributed by atoms with Gasteiger partial charge in [-0.25, -0.2) is 4.98 Å². The average Bonchev–Trinajstić information content (AvgIpc) is 2.44. The topological polar surface area (TPSA) is 28.2 Å². The highest BCUT2D eigenvalue weighted by Crippen LogP contribution is 2.27. The Hall–Kier alpha value is -1.87. The van der Waals surface area contributed by atoms with Crippen LogP contribution in [0.3, 0.4) is 0 Å². The number of para-hydroxylation sites is 1. The van der Waals surface area contributed by atoms with Crippen LogP contribution >= 0.6 is 0 Å². The van der Waals surface area contributed by atoms with E-state index in [-0.39, 0.29) is 5.54 Å². The van der Waals surface area contributed by atoms with Crippen molar-refractivity contribution >= 4 is 11.5 Å². The quantitative estimate of drug-likeness (QED) is 0.917. The molecule has 2 rings (SSSR count). The zero-order valence-corrected chi connectivity index (χ0v) is 13.6. The summed E-state index contributed by atoms with van der Waals surface area (Å²) in [5, 5.41) is 3.53. The zero-order chi connectivity index (χ0) is 15.5. The van der Waals surface area contributed by atoms with Gasteiger partial charge in [-0.05, 0) is 45.4 Å². The molecule has 1 aromatic heterocycles. The molecule has 1 heterocycles. The summed E-state index contributed by atoms with van der Waals surface area (Å²) in [6, 6.07) is 12.5. The molecule has 112 valence electrons. The predicted molar refractivity (Wildman–Crippen MR) is 90.1 cm³/mol. The van der Waals surface area contributed by atoms with Gasteiger partial charge in [0, 0.05) is 36.6 Å². The number of anilines is 2. The fraction of sp³-hybridized carbons (Fsp3) is 0.389. The molecule has 0 aliphatic rings. The van der Waals surface area contributed by atoms with Gasteiger partial charge in [0.1, 0.15) is 5.82 Å². The Morgan fingerprint density at radius 3 is 2.48 bits per heavy atom. The first-order valence-corrected chi connectivity index (χ1v) is 7.37. The standard InChI is InChI=1S/C18H25N3/c1-14-9-6-7-11-16(14)21(5)17-15(10-8-12-19-17)13-20-18(2,3)4/h6-12,20H,13H2,1-5H3. The van der Waals surface area contributed by atoms with E-state index < -0.39 is 0 Å². The molecule has 0 unspecified atom stereocenters. The van der Waals surface area contributed by atoms with Crippen molar-refractivity contribution in [1.82, 2.24) is 10.3 Å². The Labute approximate surface area is 128 Å². The van der Waals surface area contributed by atoms with Crippen molar-refractivity contribution in [2.75, 3.05) is 11.9 Å². The van der Waals surface area contributed by atoms with E-state index in [1.165, 1.54) is 16.8 Å². The van der Waals surface area contributed by atoms with E-state index in [1.807, 2.05) is 12.3 Å². The third-order valence-electron chi connectivity index (χ3n) is 3.47. The van der Waals surface area contributed by atoms with E-state index in [0.29, 0.717) is 0 Å². The highest BCUT2D eigenvalue weighted by atomic mass is 15.2. The lowest BCUT2D eigenvalue weighted by Crippen LogP contribution is -2.35. The van der Waals surface area contributed by atoms with Crippen LogP contribution in [0.5, 0.6) is 0 Å². The Balaban J connectivity index is 2.29. The van der Waals surface area contributed by atoms with Crippen LogP contribution in [0.4, 0.5) is 11.5 Å². The first kappa shape index (κ1) is 15.5. The maximum atomic E-state index is 4.58. The molecule has 0 aliphatic heterocycles. The Morgan fingerprint density at radius 1 is 1.10 bits per heavy atom. The number of rotatable bonds is 4. The van der Waals surface area contributed by atoms with Gasteiger partial charge < -0.3 is 10.2 Å². The first-order valence-electron chi connectivity index (χ1n) is 7.37. The molecular formula is C18H25N3. The molecule has 0 saturated carbocycles. The van der Waals surface area contributed by atoms with Gasteiger partial charge in [-0.2, -0.15) is 0 Å². The molecule has 0 bridgehead atoms. The van der Waals surface area contributed by atoms with Crippen molar-refractivity contribution in [3.05, 3.63) is 53.7 Å². The van der Waals surface area contributed by atoms with Crippen LogP contribution in [0.25, 0.3) is 0 Å². The van der Waals surface area contributed by atoms with Gasteiger partial charge in [0.25, 0.3) is 0 Å². The lowest BCUT2D eigenvalue weighted by atomic mass is 10.1. The summed E-state index contributed by atoms with van der Waals surface area (Å²) in [6.07, 6.45) is 1.85. The van der Waals surface area contributed by atoms with Crippen molar-refractivity contribution in [2.24, 2.45) is 0 Å². The Kier molecular flexibility index (Phi) is 4.63. The molecule has 0 fully saturated rings. The van der Waals surface area contributed by atoms with Crippen LogP contribution in [0, 0.1) is 6.92 Å². The number of pyridine rings is 1. The molecule has 0 amide bonds. The highest BCUT2D eigenvalue weighted by Gasteiger charge is 2.14. The summed E-state index contributed by atoms with van der Waals surface area (Å²) in [6.45, 7) is 9.46. The van der Waals surface area contributed by atoms with Crippen LogP contribution in [0.2, 0.25) is 0 Å². The first-order chi connectivity index (χ1) is 9.88. The maximum Gasteiger partial charge on any atom is 0.137 e. The number of nitrogens with zero attached hydrogens (tertiary/aromatic N) is 2. The predicted octanol–water partition coefficient (Wildman–Crippen LogP) is 4.05. The van der Waals surface area contributed by atoms with Gasteiger partial charge in [0.15, 0.2) is 0 Å². The largest absolute Gasteiger partial charge is 0.329 e. The normalized spacial score (nSPS) is 11.5. The van der Waals surface area contributed by atoms with Crippen molar-refractivity contribution in [3.63, 3.8) is 0 Å². The lowest BCUT2D eigenvalue weighted by Gasteiger charge is -2.25. The molecule has 0 radical (unpaired) electrons. The minimum Gasteiger partial charge on any atom is -0.329 e. The molecule has 0 aliphatic carbocycles. The molecule has 21 heavy (non-hydrogen) atoms. The molecule has 3 heteroatoms. The van der Waals surface area contributed by atoms with Crippen molar-refractivity contribution in [2.45, 2.75) is 39.8 Å². The van der Waals surface area contributed by atoms with Crippen LogP contribution in [-0.2, 0) is 6.54 Å². The Morgan fingerprint density at radius 2 is 1.81 bits per heavy atom. The third kappa shape index (κ3) is 4.05. The van der Waals surface area contributed by atoms with Crippen LogP contribution in [-0.4, -0.2) is 17.6 Å². The van der Waals surface area contributed by atoms with Crippen molar-refractivity contribution in [1.29, 1.82) is 0 Å². The van der Waals surface area contributed by atoms with Gasteiger partial charge in [-0.3, -0.25) is 0 Å². The molecule has 0 atom stereocenters. The summed E-state index contributed by atoms with van der Waals surface area (Å²) < 4.78 is 0. The van der Waals surface area contributed by atoms with Gasteiger partial charge >= 0.3 is 0 Å². The van der Waals surface area contributed by atoms with Crippen molar-refractivity contribution < 1.29 is 0 Å². The molecular weight excluding hydrogens is 258 g/mol. The molecule has 1 aromatic carbocycles. The Bertz CT molecular complexity index is 599. The number of hydrogen-bond donors (Lipinski definition) is 1. The molecule has 3 nitrogen and oxygen atoms in total. The average molecular weight is 283 g/mol. The second-order valence-electron chi connectivity index (χ2n) is 6.44. The fourth-order valence-electron chi connectivity index (χ4n) is 2.28. The number of hydrogen-bond acceptors (Lipinski definition) is 3. The second kappa shape index (κ2) is 6.27. The summed E-state index contributed by atoms with van der Waals surface area (Å²) in [7, 11) is 2.07. The van der Waals surface area contributed by atoms with Gasteiger partial charge in [0.2, 0.25) is 0 Å². The number of aromatic nitrogens is 1. The van der Waals surface area contributed by atoms with E-state index in [9.17, 15) is 0 Å². The smallest absolute Gasteiger partial charge is 0.137 e. The SMILES string of the molecule is Cc1ccccc1N(C)c1ncccc1CNC(C)(C)C. The summed E-state index contributed by atoms with van der Waals surface area (Å²) in [5.41, 5.74) is 3.74. The number of nitrogens with one attached hydrogen (secondary N) is 1. The second-order valence-corrected chi connectivity index (χ2v) is 6.44. The lowest BCUT2D eigenvalue weighted by molar-refractivity contribution is 0.424. The minimum absolute atomic E-state index is 0.0916. The minimum atomic E-state index is 0.0916. The van der Waals surface area contributed by atoms with Gasteiger partial charge in [-0.15, -0.1) is 0 Å². The molecule has 0 spiro atoms. The van der Waals surface area contributed by atoms with Crippen LogP contribution < -0.4 is 10.2 Å². The third-order valence-corrected chi connectivity index (χ3v) is 3.47. The summed E-state index contributed by atoms with van der Waals surface area (Å²) in [5.74, 6) is 1.00. The van der Waals surface area contributed by atoms with Crippen LogP contribution in [0.15, 0.2) is 42.6 Å².